The minimum atomic E-state index is -1.03. The topological polar surface area (TPSA) is 75.6 Å². The lowest BCUT2D eigenvalue weighted by molar-refractivity contribution is -0.137. The lowest BCUT2D eigenvalue weighted by Crippen LogP contribution is -2.31. The van der Waals surface area contributed by atoms with Crippen molar-refractivity contribution in [3.05, 3.63) is 71.8 Å². The van der Waals surface area contributed by atoms with Gasteiger partial charge in [-0.15, -0.1) is 0 Å². The van der Waals surface area contributed by atoms with E-state index in [-0.39, 0.29) is 11.5 Å². The van der Waals surface area contributed by atoms with E-state index in [1.165, 1.54) is 0 Å². The van der Waals surface area contributed by atoms with Gasteiger partial charge in [-0.25, -0.2) is 4.79 Å². The van der Waals surface area contributed by atoms with E-state index in [1.807, 2.05) is 30.3 Å². The first kappa shape index (κ1) is 18.8. The fourth-order valence-electron chi connectivity index (χ4n) is 2.87. The number of fused-ring (bicyclic) bond motifs is 1. The molecule has 0 amide bonds. The average Bonchev–Trinajstić information content (AvgIpc) is 2.71. The predicted octanol–water partition coefficient (Wildman–Crippen LogP) is 3.87. The van der Waals surface area contributed by atoms with Gasteiger partial charge in [0.2, 0.25) is 0 Å². The summed E-state index contributed by atoms with van der Waals surface area (Å²) in [6.07, 6.45) is 0. The van der Waals surface area contributed by atoms with Crippen LogP contribution in [0.15, 0.2) is 60.7 Å². The maximum absolute atomic E-state index is 13.1. The molecule has 0 saturated heterocycles. The number of rotatable bonds is 7. The molecule has 138 valence electrons. The first-order chi connectivity index (χ1) is 13.0. The summed E-state index contributed by atoms with van der Waals surface area (Å²) in [5.41, 5.74) is 1.40. The number of ketones is 1. The largest absolute Gasteiger partial charge is 0.497 e. The van der Waals surface area contributed by atoms with Crippen LogP contribution in [-0.4, -0.2) is 35.8 Å². The van der Waals surface area contributed by atoms with Gasteiger partial charge >= 0.3 is 5.97 Å². The highest BCUT2D eigenvalue weighted by Gasteiger charge is 2.21. The molecule has 0 aromatic heterocycles. The van der Waals surface area contributed by atoms with E-state index in [9.17, 15) is 14.7 Å². The number of hydrogen-bond acceptors (Lipinski definition) is 5. The third kappa shape index (κ3) is 3.90. The molecule has 1 unspecified atom stereocenters. The summed E-state index contributed by atoms with van der Waals surface area (Å²) in [4.78, 5) is 24.6. The van der Waals surface area contributed by atoms with E-state index in [1.54, 1.807) is 37.4 Å². The van der Waals surface area contributed by atoms with Gasteiger partial charge < -0.3 is 15.2 Å². The number of carbonyl (C=O) groups excluding carboxylic acids is 1. The van der Waals surface area contributed by atoms with Crippen molar-refractivity contribution in [2.45, 2.75) is 6.04 Å². The number of benzene rings is 3. The molecule has 0 saturated carbocycles. The van der Waals surface area contributed by atoms with E-state index in [4.69, 9.17) is 4.74 Å². The Morgan fingerprint density at radius 2 is 1.78 bits per heavy atom. The number of anilines is 1. The van der Waals surface area contributed by atoms with Gasteiger partial charge in [-0.1, -0.05) is 30.3 Å². The van der Waals surface area contributed by atoms with Gasteiger partial charge in [-0.05, 0) is 35.7 Å². The zero-order chi connectivity index (χ0) is 19.4. The molecule has 0 aliphatic carbocycles. The monoisotopic (exact) mass is 381 g/mol. The van der Waals surface area contributed by atoms with E-state index in [0.717, 1.165) is 10.8 Å². The summed E-state index contributed by atoms with van der Waals surface area (Å²) in [6, 6.07) is 17.0. The fourth-order valence-corrected chi connectivity index (χ4v) is 3.12. The Hall–Kier alpha value is -2.99. The summed E-state index contributed by atoms with van der Waals surface area (Å²) in [5, 5.41) is 14.1. The first-order valence-corrected chi connectivity index (χ1v) is 8.99. The molecular formula is C21H19NO4S. The highest BCUT2D eigenvalue weighted by Crippen LogP contribution is 2.30. The normalized spacial score (nSPS) is 11.8. The summed E-state index contributed by atoms with van der Waals surface area (Å²) in [6.45, 7) is 0. The van der Waals surface area contributed by atoms with Gasteiger partial charge in [0.15, 0.2) is 5.78 Å². The molecule has 2 N–H and O–H groups in total. The lowest BCUT2D eigenvalue weighted by atomic mass is 9.96. The Morgan fingerprint density at radius 3 is 2.41 bits per heavy atom. The molecule has 3 aromatic rings. The van der Waals surface area contributed by atoms with Gasteiger partial charge in [0.05, 0.1) is 12.8 Å². The summed E-state index contributed by atoms with van der Waals surface area (Å²) in [7, 11) is 1.56. The maximum atomic E-state index is 13.1. The first-order valence-electron chi connectivity index (χ1n) is 8.36. The second kappa shape index (κ2) is 8.14. The Bertz CT molecular complexity index is 985. The number of aliphatic carboxylic acids is 1. The smallest absolute Gasteiger partial charge is 0.326 e. The average molecular weight is 381 g/mol. The van der Waals surface area contributed by atoms with Crippen LogP contribution >= 0.6 is 12.6 Å². The molecule has 0 radical (unpaired) electrons. The Morgan fingerprint density at radius 1 is 1.07 bits per heavy atom. The SMILES string of the molecule is COc1ccc(C(=O)c2ccc3ccccc3c2NC(CS)C(=O)O)cc1. The Balaban J connectivity index is 2.11. The molecule has 6 heteroatoms. The summed E-state index contributed by atoms with van der Waals surface area (Å²) in [5.74, 6) is -0.478. The molecule has 0 spiro atoms. The zero-order valence-corrected chi connectivity index (χ0v) is 15.6. The molecule has 0 aliphatic rings. The van der Waals surface area contributed by atoms with Crippen LogP contribution in [0, 0.1) is 0 Å². The number of carboxylic acids is 1. The van der Waals surface area contributed by atoms with Crippen LogP contribution in [-0.2, 0) is 4.79 Å². The Labute approximate surface area is 162 Å². The number of carboxylic acid groups (broad SMARTS) is 1. The summed E-state index contributed by atoms with van der Waals surface area (Å²) < 4.78 is 5.13. The predicted molar refractivity (Wildman–Crippen MR) is 109 cm³/mol. The van der Waals surface area contributed by atoms with Crippen LogP contribution in [0.2, 0.25) is 0 Å². The van der Waals surface area contributed by atoms with Crippen molar-refractivity contribution in [3.8, 4) is 5.75 Å². The van der Waals surface area contributed by atoms with Crippen molar-refractivity contribution in [2.75, 3.05) is 18.2 Å². The minimum Gasteiger partial charge on any atom is -0.497 e. The van der Waals surface area contributed by atoms with E-state index in [0.29, 0.717) is 22.6 Å². The molecule has 1 atom stereocenters. The van der Waals surface area contributed by atoms with Crippen molar-refractivity contribution < 1.29 is 19.4 Å². The van der Waals surface area contributed by atoms with Crippen molar-refractivity contribution in [2.24, 2.45) is 0 Å². The molecule has 0 bridgehead atoms. The molecule has 3 rings (SSSR count). The van der Waals surface area contributed by atoms with Gasteiger partial charge in [0.25, 0.3) is 0 Å². The number of thiol groups is 1. The van der Waals surface area contributed by atoms with E-state index < -0.39 is 12.0 Å². The van der Waals surface area contributed by atoms with Crippen LogP contribution in [0.3, 0.4) is 0 Å². The van der Waals surface area contributed by atoms with Crippen LogP contribution in [0.1, 0.15) is 15.9 Å². The highest BCUT2D eigenvalue weighted by atomic mass is 32.1. The molecule has 5 nitrogen and oxygen atoms in total. The molecule has 0 fully saturated rings. The van der Waals surface area contributed by atoms with Gasteiger partial charge in [-0.2, -0.15) is 12.6 Å². The summed E-state index contributed by atoms with van der Waals surface area (Å²) >= 11 is 4.12. The zero-order valence-electron chi connectivity index (χ0n) is 14.7. The Kier molecular flexibility index (Phi) is 5.66. The van der Waals surface area contributed by atoms with Crippen LogP contribution in [0.4, 0.5) is 5.69 Å². The molecule has 3 aromatic carbocycles. The maximum Gasteiger partial charge on any atom is 0.326 e. The van der Waals surface area contributed by atoms with E-state index in [2.05, 4.69) is 17.9 Å². The third-order valence-electron chi connectivity index (χ3n) is 4.33. The number of hydrogen-bond donors (Lipinski definition) is 3. The number of ether oxygens (including phenoxy) is 1. The van der Waals surface area contributed by atoms with Crippen LogP contribution < -0.4 is 10.1 Å². The molecular weight excluding hydrogens is 362 g/mol. The van der Waals surface area contributed by atoms with E-state index >= 15 is 0 Å². The number of carbonyl (C=O) groups is 2. The van der Waals surface area contributed by atoms with Crippen molar-refractivity contribution in [1.29, 1.82) is 0 Å². The molecule has 0 heterocycles. The van der Waals surface area contributed by atoms with Crippen molar-refractivity contribution >= 4 is 40.8 Å². The highest BCUT2D eigenvalue weighted by molar-refractivity contribution is 7.80. The van der Waals surface area contributed by atoms with Crippen LogP contribution in [0.5, 0.6) is 5.75 Å². The van der Waals surface area contributed by atoms with Gasteiger partial charge in [-0.3, -0.25) is 4.79 Å². The second-order valence-electron chi connectivity index (χ2n) is 5.98. The quantitative estimate of drug-likeness (QED) is 0.428. The number of nitrogens with one attached hydrogen (secondary N) is 1. The fraction of sp³-hybridized carbons (Fsp3) is 0.143. The minimum absolute atomic E-state index is 0.0920. The standard InChI is InChI=1S/C21H19NO4S/c1-26-15-9-6-14(7-10-15)20(23)17-11-8-13-4-2-3-5-16(13)19(17)22-18(12-27)21(24)25/h2-11,18,22,27H,12H2,1H3,(H,24,25). The van der Waals surface area contributed by atoms with Crippen LogP contribution in [0.25, 0.3) is 10.8 Å². The van der Waals surface area contributed by atoms with Crippen molar-refractivity contribution in [3.63, 3.8) is 0 Å². The number of methoxy groups -OCH3 is 1. The van der Waals surface area contributed by atoms with Crippen molar-refractivity contribution in [1.82, 2.24) is 0 Å². The second-order valence-corrected chi connectivity index (χ2v) is 6.35. The third-order valence-corrected chi connectivity index (χ3v) is 4.69. The van der Waals surface area contributed by atoms with Gasteiger partial charge in [0, 0.05) is 22.3 Å². The van der Waals surface area contributed by atoms with Gasteiger partial charge in [0.1, 0.15) is 11.8 Å². The lowest BCUT2D eigenvalue weighted by Gasteiger charge is -2.19. The molecule has 27 heavy (non-hydrogen) atoms. The molecule has 0 aliphatic heterocycles.